The van der Waals surface area contributed by atoms with Gasteiger partial charge in [0.25, 0.3) is 0 Å². The van der Waals surface area contributed by atoms with Crippen molar-refractivity contribution in [3.8, 4) is 0 Å². The standard InChI is InChI=1S/C11H13BrN2O3/c1-6(2)13-11(17)14-9-5-7(12)3-4-8(9)10(15)16/h3-6H,1-2H3,(H,15,16)(H2,13,14,17). The highest BCUT2D eigenvalue weighted by atomic mass is 79.9. The van der Waals surface area contributed by atoms with Gasteiger partial charge in [-0.1, -0.05) is 15.9 Å². The van der Waals surface area contributed by atoms with E-state index in [1.54, 1.807) is 12.1 Å². The molecule has 0 aromatic heterocycles. The van der Waals surface area contributed by atoms with Crippen LogP contribution in [0.1, 0.15) is 24.2 Å². The van der Waals surface area contributed by atoms with Gasteiger partial charge in [0.1, 0.15) is 0 Å². The van der Waals surface area contributed by atoms with Crippen molar-refractivity contribution in [2.24, 2.45) is 0 Å². The average molecular weight is 301 g/mol. The quantitative estimate of drug-likeness (QED) is 0.803. The highest BCUT2D eigenvalue weighted by molar-refractivity contribution is 9.10. The molecule has 0 aliphatic rings. The van der Waals surface area contributed by atoms with Crippen LogP contribution < -0.4 is 10.6 Å². The Kier molecular flexibility index (Phi) is 4.51. The van der Waals surface area contributed by atoms with Crippen molar-refractivity contribution in [3.05, 3.63) is 28.2 Å². The summed E-state index contributed by atoms with van der Waals surface area (Å²) in [5.74, 6) is -1.09. The lowest BCUT2D eigenvalue weighted by atomic mass is 10.2. The van der Waals surface area contributed by atoms with Crippen LogP contribution in [-0.2, 0) is 0 Å². The molecule has 1 aromatic carbocycles. The molecule has 3 N–H and O–H groups in total. The van der Waals surface area contributed by atoms with Crippen molar-refractivity contribution >= 4 is 33.6 Å². The molecule has 0 saturated heterocycles. The lowest BCUT2D eigenvalue weighted by molar-refractivity contribution is 0.0698. The van der Waals surface area contributed by atoms with E-state index in [0.717, 1.165) is 0 Å². The lowest BCUT2D eigenvalue weighted by Crippen LogP contribution is -2.34. The molecule has 0 spiro atoms. The van der Waals surface area contributed by atoms with Crippen molar-refractivity contribution in [1.82, 2.24) is 5.32 Å². The molecule has 5 nitrogen and oxygen atoms in total. The minimum absolute atomic E-state index is 0.0181. The number of nitrogens with one attached hydrogen (secondary N) is 2. The number of anilines is 1. The fourth-order valence-corrected chi connectivity index (χ4v) is 1.59. The number of hydrogen-bond donors (Lipinski definition) is 3. The minimum atomic E-state index is -1.09. The maximum Gasteiger partial charge on any atom is 0.337 e. The topological polar surface area (TPSA) is 78.4 Å². The number of carboxylic acids is 1. The number of hydrogen-bond acceptors (Lipinski definition) is 2. The van der Waals surface area contributed by atoms with Gasteiger partial charge in [-0.2, -0.15) is 0 Å². The van der Waals surface area contributed by atoms with Crippen LogP contribution in [0.15, 0.2) is 22.7 Å². The van der Waals surface area contributed by atoms with E-state index < -0.39 is 12.0 Å². The van der Waals surface area contributed by atoms with Gasteiger partial charge in [-0.15, -0.1) is 0 Å². The first-order valence-corrected chi connectivity index (χ1v) is 5.80. The van der Waals surface area contributed by atoms with E-state index in [2.05, 4.69) is 26.6 Å². The summed E-state index contributed by atoms with van der Waals surface area (Å²) in [6.07, 6.45) is 0. The van der Waals surface area contributed by atoms with Gasteiger partial charge in [-0.3, -0.25) is 0 Å². The number of carboxylic acid groups (broad SMARTS) is 1. The first-order valence-electron chi connectivity index (χ1n) is 5.00. The highest BCUT2D eigenvalue weighted by Crippen LogP contribution is 2.21. The molecule has 0 radical (unpaired) electrons. The zero-order valence-electron chi connectivity index (χ0n) is 9.45. The van der Waals surface area contributed by atoms with Crippen LogP contribution in [0.3, 0.4) is 0 Å². The molecule has 0 atom stereocenters. The van der Waals surface area contributed by atoms with Gasteiger partial charge in [-0.05, 0) is 32.0 Å². The maximum atomic E-state index is 11.5. The number of carbonyl (C=O) groups is 2. The Bertz CT molecular complexity index is 446. The number of aromatic carboxylic acids is 1. The van der Waals surface area contributed by atoms with E-state index >= 15 is 0 Å². The Hall–Kier alpha value is -1.56. The van der Waals surface area contributed by atoms with Crippen molar-refractivity contribution in [1.29, 1.82) is 0 Å². The van der Waals surface area contributed by atoms with Crippen LogP contribution >= 0.6 is 15.9 Å². The van der Waals surface area contributed by atoms with E-state index in [4.69, 9.17) is 5.11 Å². The van der Waals surface area contributed by atoms with Gasteiger partial charge in [0.05, 0.1) is 11.3 Å². The van der Waals surface area contributed by atoms with Gasteiger partial charge in [-0.25, -0.2) is 9.59 Å². The third-order valence-electron chi connectivity index (χ3n) is 1.88. The van der Waals surface area contributed by atoms with Crippen molar-refractivity contribution < 1.29 is 14.7 Å². The summed E-state index contributed by atoms with van der Waals surface area (Å²) in [6.45, 7) is 3.64. The van der Waals surface area contributed by atoms with E-state index in [-0.39, 0.29) is 17.3 Å². The smallest absolute Gasteiger partial charge is 0.337 e. The maximum absolute atomic E-state index is 11.5. The molecule has 0 saturated carbocycles. The lowest BCUT2D eigenvalue weighted by Gasteiger charge is -2.12. The molecule has 6 heteroatoms. The second-order valence-corrected chi connectivity index (χ2v) is 4.66. The van der Waals surface area contributed by atoms with Crippen molar-refractivity contribution in [3.63, 3.8) is 0 Å². The highest BCUT2D eigenvalue weighted by Gasteiger charge is 2.13. The number of carbonyl (C=O) groups excluding carboxylic acids is 1. The molecule has 2 amide bonds. The first-order chi connectivity index (χ1) is 7.90. The van der Waals surface area contributed by atoms with Gasteiger partial charge < -0.3 is 15.7 Å². The largest absolute Gasteiger partial charge is 0.478 e. The number of rotatable bonds is 3. The van der Waals surface area contributed by atoms with Gasteiger partial charge >= 0.3 is 12.0 Å². The monoisotopic (exact) mass is 300 g/mol. The van der Waals surface area contributed by atoms with Gasteiger partial charge in [0.15, 0.2) is 0 Å². The summed E-state index contributed by atoms with van der Waals surface area (Å²) in [5.41, 5.74) is 0.303. The first kappa shape index (κ1) is 13.5. The third-order valence-corrected chi connectivity index (χ3v) is 2.37. The summed E-state index contributed by atoms with van der Waals surface area (Å²) in [7, 11) is 0. The third kappa shape index (κ3) is 4.07. The molecule has 92 valence electrons. The summed E-state index contributed by atoms with van der Waals surface area (Å²) >= 11 is 3.22. The predicted octanol–water partition coefficient (Wildman–Crippen LogP) is 2.68. The summed E-state index contributed by atoms with van der Waals surface area (Å²) in [5, 5.41) is 14.1. The van der Waals surface area contributed by atoms with E-state index in [1.807, 2.05) is 13.8 Å². The molecular weight excluding hydrogens is 288 g/mol. The molecule has 0 aliphatic heterocycles. The van der Waals surface area contributed by atoms with E-state index in [1.165, 1.54) is 6.07 Å². The summed E-state index contributed by atoms with van der Waals surface area (Å²) in [4.78, 5) is 22.4. The van der Waals surface area contributed by atoms with Gasteiger partial charge in [0.2, 0.25) is 0 Å². The zero-order valence-corrected chi connectivity index (χ0v) is 11.0. The molecule has 1 aromatic rings. The Labute approximate surface area is 107 Å². The van der Waals surface area contributed by atoms with Crippen LogP contribution in [0, 0.1) is 0 Å². The minimum Gasteiger partial charge on any atom is -0.478 e. The van der Waals surface area contributed by atoms with Crippen molar-refractivity contribution in [2.75, 3.05) is 5.32 Å². The summed E-state index contributed by atoms with van der Waals surface area (Å²) in [6, 6.07) is 4.13. The zero-order chi connectivity index (χ0) is 13.0. The van der Waals surface area contributed by atoms with E-state index in [9.17, 15) is 9.59 Å². The molecule has 17 heavy (non-hydrogen) atoms. The van der Waals surface area contributed by atoms with Crippen LogP contribution in [0.5, 0.6) is 0 Å². The molecule has 0 aliphatic carbocycles. The molecule has 1 rings (SSSR count). The fraction of sp³-hybridized carbons (Fsp3) is 0.273. The molecule has 0 unspecified atom stereocenters. The van der Waals surface area contributed by atoms with Crippen LogP contribution in [-0.4, -0.2) is 23.1 Å². The summed E-state index contributed by atoms with van der Waals surface area (Å²) < 4.78 is 0.697. The number of amides is 2. The Morgan fingerprint density at radius 2 is 2.00 bits per heavy atom. The second kappa shape index (κ2) is 5.67. The van der Waals surface area contributed by atoms with Crippen LogP contribution in [0.4, 0.5) is 10.5 Å². The number of halogens is 1. The molecular formula is C11H13BrN2O3. The van der Waals surface area contributed by atoms with E-state index in [0.29, 0.717) is 4.47 Å². The second-order valence-electron chi connectivity index (χ2n) is 3.75. The molecule has 0 bridgehead atoms. The van der Waals surface area contributed by atoms with Crippen molar-refractivity contribution in [2.45, 2.75) is 19.9 Å². The number of benzene rings is 1. The normalized spacial score (nSPS) is 10.1. The molecule has 0 heterocycles. The van der Waals surface area contributed by atoms with Crippen LogP contribution in [0.25, 0.3) is 0 Å². The van der Waals surface area contributed by atoms with Crippen LogP contribution in [0.2, 0.25) is 0 Å². The average Bonchev–Trinajstić information content (AvgIpc) is 2.15. The number of urea groups is 1. The SMILES string of the molecule is CC(C)NC(=O)Nc1cc(Br)ccc1C(=O)O. The Morgan fingerprint density at radius 1 is 1.35 bits per heavy atom. The Morgan fingerprint density at radius 3 is 2.53 bits per heavy atom. The molecule has 0 fully saturated rings. The predicted molar refractivity (Wildman–Crippen MR) is 68.4 cm³/mol. The van der Waals surface area contributed by atoms with Gasteiger partial charge in [0, 0.05) is 10.5 Å². The fourth-order valence-electron chi connectivity index (χ4n) is 1.23. The Balaban J connectivity index is 2.92.